The fourth-order valence-electron chi connectivity index (χ4n) is 2.61. The first-order valence-corrected chi connectivity index (χ1v) is 7.26. The third kappa shape index (κ3) is 2.55. The molecule has 0 radical (unpaired) electrons. The molecule has 1 heterocycles. The number of esters is 1. The van der Waals surface area contributed by atoms with Crippen LogP contribution in [0.4, 0.5) is 0 Å². The summed E-state index contributed by atoms with van der Waals surface area (Å²) in [4.78, 5) is 12.3. The first-order valence-electron chi connectivity index (χ1n) is 7.26. The molecule has 1 fully saturated rings. The standard InChI is InChI=1S/C19H18O3/c1-14(2)18(20)22-19(17-13-21-17,15-9-5-3-6-10-15)16-11-7-4-8-12-16/h3-12,17H,1,13H2,2H3. The maximum Gasteiger partial charge on any atom is 0.334 e. The second kappa shape index (κ2) is 5.78. The molecule has 22 heavy (non-hydrogen) atoms. The molecule has 0 spiro atoms. The Morgan fingerprint density at radius 3 is 1.91 bits per heavy atom. The number of benzene rings is 2. The van der Waals surface area contributed by atoms with Crippen LogP contribution in [0.2, 0.25) is 0 Å². The molecule has 3 nitrogen and oxygen atoms in total. The Kier molecular flexibility index (Phi) is 3.82. The van der Waals surface area contributed by atoms with Crippen molar-refractivity contribution in [2.45, 2.75) is 18.6 Å². The Bertz CT molecular complexity index is 633. The average molecular weight is 294 g/mol. The predicted octanol–water partition coefficient (Wildman–Crippen LogP) is 3.45. The monoisotopic (exact) mass is 294 g/mol. The molecule has 1 aliphatic heterocycles. The van der Waals surface area contributed by atoms with E-state index >= 15 is 0 Å². The van der Waals surface area contributed by atoms with Crippen LogP contribution in [-0.2, 0) is 19.9 Å². The van der Waals surface area contributed by atoms with E-state index in [1.54, 1.807) is 6.92 Å². The molecule has 0 aromatic heterocycles. The molecule has 0 N–H and O–H groups in total. The van der Waals surface area contributed by atoms with Gasteiger partial charge in [-0.1, -0.05) is 67.2 Å². The highest BCUT2D eigenvalue weighted by atomic mass is 16.6. The molecule has 1 aliphatic rings. The lowest BCUT2D eigenvalue weighted by atomic mass is 9.83. The van der Waals surface area contributed by atoms with Gasteiger partial charge < -0.3 is 9.47 Å². The summed E-state index contributed by atoms with van der Waals surface area (Å²) < 4.78 is 11.5. The summed E-state index contributed by atoms with van der Waals surface area (Å²) in [6.07, 6.45) is -0.180. The molecule has 112 valence electrons. The molecular weight excluding hydrogens is 276 g/mol. The van der Waals surface area contributed by atoms with Gasteiger partial charge in [-0.25, -0.2) is 4.79 Å². The molecule has 0 bridgehead atoms. The van der Waals surface area contributed by atoms with E-state index < -0.39 is 11.6 Å². The lowest BCUT2D eigenvalue weighted by Crippen LogP contribution is -2.39. The quantitative estimate of drug-likeness (QED) is 0.481. The Labute approximate surface area is 130 Å². The summed E-state index contributed by atoms with van der Waals surface area (Å²) in [5, 5.41) is 0. The smallest absolute Gasteiger partial charge is 0.334 e. The van der Waals surface area contributed by atoms with E-state index in [4.69, 9.17) is 9.47 Å². The molecular formula is C19H18O3. The van der Waals surface area contributed by atoms with Crippen molar-refractivity contribution in [3.05, 3.63) is 83.9 Å². The van der Waals surface area contributed by atoms with Crippen LogP contribution in [0, 0.1) is 0 Å². The van der Waals surface area contributed by atoms with Crippen LogP contribution in [0.5, 0.6) is 0 Å². The third-order valence-corrected chi connectivity index (χ3v) is 3.79. The topological polar surface area (TPSA) is 38.8 Å². The van der Waals surface area contributed by atoms with Gasteiger partial charge in [-0.15, -0.1) is 0 Å². The largest absolute Gasteiger partial charge is 0.443 e. The molecule has 3 rings (SSSR count). The van der Waals surface area contributed by atoms with E-state index in [9.17, 15) is 4.79 Å². The second-order valence-corrected chi connectivity index (χ2v) is 5.46. The van der Waals surface area contributed by atoms with Gasteiger partial charge in [0, 0.05) is 16.7 Å². The second-order valence-electron chi connectivity index (χ2n) is 5.46. The fourth-order valence-corrected chi connectivity index (χ4v) is 2.61. The lowest BCUT2D eigenvalue weighted by Gasteiger charge is -2.33. The normalized spacial score (nSPS) is 16.9. The molecule has 2 aromatic rings. The summed E-state index contributed by atoms with van der Waals surface area (Å²) in [5.74, 6) is -0.414. The van der Waals surface area contributed by atoms with Crippen LogP contribution in [-0.4, -0.2) is 18.7 Å². The molecule has 3 heteroatoms. The number of hydrogen-bond acceptors (Lipinski definition) is 3. The summed E-state index contributed by atoms with van der Waals surface area (Å²) >= 11 is 0. The van der Waals surface area contributed by atoms with Crippen molar-refractivity contribution in [1.82, 2.24) is 0 Å². The zero-order valence-corrected chi connectivity index (χ0v) is 12.5. The van der Waals surface area contributed by atoms with Crippen LogP contribution in [0.25, 0.3) is 0 Å². The van der Waals surface area contributed by atoms with Gasteiger partial charge in [0.15, 0.2) is 5.60 Å². The van der Waals surface area contributed by atoms with E-state index in [1.807, 2.05) is 60.7 Å². The number of carbonyl (C=O) groups is 1. The van der Waals surface area contributed by atoms with Gasteiger partial charge in [0.2, 0.25) is 0 Å². The Balaban J connectivity index is 2.15. The first kappa shape index (κ1) is 14.5. The molecule has 0 amide bonds. The summed E-state index contributed by atoms with van der Waals surface area (Å²) in [5.41, 5.74) is 1.24. The van der Waals surface area contributed by atoms with Crippen LogP contribution in [0.3, 0.4) is 0 Å². The highest BCUT2D eigenvalue weighted by Gasteiger charge is 2.53. The Hall–Kier alpha value is -2.39. The van der Waals surface area contributed by atoms with Crippen LogP contribution < -0.4 is 0 Å². The molecule has 1 saturated heterocycles. The van der Waals surface area contributed by atoms with Crippen LogP contribution in [0.1, 0.15) is 18.1 Å². The molecule has 2 aromatic carbocycles. The van der Waals surface area contributed by atoms with Gasteiger partial charge in [-0.2, -0.15) is 0 Å². The minimum absolute atomic E-state index is 0.180. The summed E-state index contributed by atoms with van der Waals surface area (Å²) in [6, 6.07) is 19.4. The van der Waals surface area contributed by atoms with Crippen molar-refractivity contribution in [3.8, 4) is 0 Å². The third-order valence-electron chi connectivity index (χ3n) is 3.79. The molecule has 1 atom stereocenters. The van der Waals surface area contributed by atoms with Crippen molar-refractivity contribution >= 4 is 5.97 Å². The van der Waals surface area contributed by atoms with E-state index in [0.717, 1.165) is 11.1 Å². The SMILES string of the molecule is C=C(C)C(=O)OC(c1ccccc1)(c1ccccc1)C1CO1. The van der Waals surface area contributed by atoms with Gasteiger partial charge in [-0.3, -0.25) is 0 Å². The van der Waals surface area contributed by atoms with Crippen molar-refractivity contribution in [1.29, 1.82) is 0 Å². The van der Waals surface area contributed by atoms with Crippen molar-refractivity contribution < 1.29 is 14.3 Å². The van der Waals surface area contributed by atoms with Crippen molar-refractivity contribution in [2.75, 3.05) is 6.61 Å². The highest BCUT2D eigenvalue weighted by Crippen LogP contribution is 2.43. The van der Waals surface area contributed by atoms with Crippen LogP contribution in [0.15, 0.2) is 72.8 Å². The first-order chi connectivity index (χ1) is 10.6. The zero-order valence-electron chi connectivity index (χ0n) is 12.5. The summed E-state index contributed by atoms with van der Waals surface area (Å²) in [7, 11) is 0. The van der Waals surface area contributed by atoms with Gasteiger partial charge in [0.1, 0.15) is 6.10 Å². The van der Waals surface area contributed by atoms with E-state index in [0.29, 0.717) is 12.2 Å². The van der Waals surface area contributed by atoms with E-state index in [2.05, 4.69) is 6.58 Å². The maximum absolute atomic E-state index is 12.3. The average Bonchev–Trinajstić information content (AvgIpc) is 3.39. The minimum atomic E-state index is -0.932. The number of ether oxygens (including phenoxy) is 2. The number of rotatable bonds is 5. The number of epoxide rings is 1. The van der Waals surface area contributed by atoms with Crippen LogP contribution >= 0.6 is 0 Å². The van der Waals surface area contributed by atoms with Gasteiger partial charge >= 0.3 is 5.97 Å². The molecule has 0 aliphatic carbocycles. The van der Waals surface area contributed by atoms with E-state index in [-0.39, 0.29) is 6.10 Å². The van der Waals surface area contributed by atoms with Gasteiger partial charge in [-0.05, 0) is 6.92 Å². The summed E-state index contributed by atoms with van der Waals surface area (Å²) in [6.45, 7) is 5.90. The number of carbonyl (C=O) groups excluding carboxylic acids is 1. The van der Waals surface area contributed by atoms with Gasteiger partial charge in [0.05, 0.1) is 6.61 Å². The van der Waals surface area contributed by atoms with Crippen molar-refractivity contribution in [3.63, 3.8) is 0 Å². The highest BCUT2D eigenvalue weighted by molar-refractivity contribution is 5.87. The zero-order chi connectivity index (χ0) is 15.6. The Morgan fingerprint density at radius 1 is 1.09 bits per heavy atom. The van der Waals surface area contributed by atoms with Gasteiger partial charge in [0.25, 0.3) is 0 Å². The molecule has 1 unspecified atom stereocenters. The lowest BCUT2D eigenvalue weighted by molar-refractivity contribution is -0.153. The number of hydrogen-bond donors (Lipinski definition) is 0. The fraction of sp³-hybridized carbons (Fsp3) is 0.211. The predicted molar refractivity (Wildman–Crippen MR) is 84.3 cm³/mol. The molecule has 0 saturated carbocycles. The Morgan fingerprint density at radius 2 is 1.55 bits per heavy atom. The maximum atomic E-state index is 12.3. The van der Waals surface area contributed by atoms with Crippen molar-refractivity contribution in [2.24, 2.45) is 0 Å². The minimum Gasteiger partial charge on any atom is -0.443 e. The van der Waals surface area contributed by atoms with E-state index in [1.165, 1.54) is 0 Å².